The zero-order chi connectivity index (χ0) is 15.0. The number of esters is 1. The molecule has 0 amide bonds. The van der Waals surface area contributed by atoms with Crippen LogP contribution in [0.4, 0.5) is 0 Å². The zero-order valence-corrected chi connectivity index (χ0v) is 12.6. The second-order valence-corrected chi connectivity index (χ2v) is 5.44. The van der Waals surface area contributed by atoms with Gasteiger partial charge in [0.05, 0.1) is 7.11 Å². The maximum atomic E-state index is 11.5. The molecule has 0 aromatic heterocycles. The first-order valence-electron chi connectivity index (χ1n) is 6.93. The fourth-order valence-electron chi connectivity index (χ4n) is 2.29. The largest absolute Gasteiger partial charge is 0.469 e. The number of rotatable bonds is 7. The van der Waals surface area contributed by atoms with Crippen LogP contribution in [0.5, 0.6) is 0 Å². The number of hydrogen-bond donors (Lipinski definition) is 0. The summed E-state index contributed by atoms with van der Waals surface area (Å²) >= 11 is 0. The van der Waals surface area contributed by atoms with Crippen molar-refractivity contribution in [3.05, 3.63) is 60.7 Å². The van der Waals surface area contributed by atoms with Crippen LogP contribution in [0.15, 0.2) is 55.1 Å². The molecule has 108 valence electrons. The Hall–Kier alpha value is -1.83. The Morgan fingerprint density at radius 2 is 2.05 bits per heavy atom. The topological polar surface area (TPSA) is 26.3 Å². The number of carbonyl (C=O) groups is 1. The van der Waals surface area contributed by atoms with Gasteiger partial charge in [-0.2, -0.15) is 0 Å². The molecule has 0 aliphatic carbocycles. The fraction of sp³-hybridized carbons (Fsp3) is 0.389. The van der Waals surface area contributed by atoms with E-state index in [1.165, 1.54) is 12.7 Å². The van der Waals surface area contributed by atoms with Crippen LogP contribution in [-0.2, 0) is 16.0 Å². The van der Waals surface area contributed by atoms with E-state index in [1.54, 1.807) is 6.08 Å². The summed E-state index contributed by atoms with van der Waals surface area (Å²) < 4.78 is 4.79. The molecule has 0 fully saturated rings. The van der Waals surface area contributed by atoms with Gasteiger partial charge in [0.2, 0.25) is 0 Å². The zero-order valence-electron chi connectivity index (χ0n) is 12.6. The third-order valence-electron chi connectivity index (χ3n) is 3.87. The standard InChI is InChI=1S/C18H24O2/c1-5-6-12-18(3,15(2)13-17(19)20-4)14-16-10-8-7-9-11-16/h5-12,15H,1,13-14H2,2-4H3/b12-6+/t15-,18-/m0/s1. The Labute approximate surface area is 122 Å². The Morgan fingerprint density at radius 3 is 2.60 bits per heavy atom. The SMILES string of the molecule is C=C/C=C/[C@@](C)(Cc1ccccc1)[C@@H](C)CC(=O)OC. The van der Waals surface area contributed by atoms with E-state index in [1.807, 2.05) is 24.3 Å². The van der Waals surface area contributed by atoms with Crippen LogP contribution in [0.3, 0.4) is 0 Å². The summed E-state index contributed by atoms with van der Waals surface area (Å²) in [5.41, 5.74) is 1.16. The number of methoxy groups -OCH3 is 1. The molecule has 1 rings (SSSR count). The lowest BCUT2D eigenvalue weighted by atomic mass is 9.72. The predicted octanol–water partition coefficient (Wildman–Crippen LogP) is 4.18. The monoisotopic (exact) mass is 272 g/mol. The molecule has 0 N–H and O–H groups in total. The van der Waals surface area contributed by atoms with Crippen LogP contribution in [0.1, 0.15) is 25.8 Å². The van der Waals surface area contributed by atoms with E-state index in [4.69, 9.17) is 4.74 Å². The van der Waals surface area contributed by atoms with Gasteiger partial charge in [-0.05, 0) is 23.3 Å². The average molecular weight is 272 g/mol. The van der Waals surface area contributed by atoms with Gasteiger partial charge in [-0.25, -0.2) is 0 Å². The van der Waals surface area contributed by atoms with E-state index < -0.39 is 0 Å². The smallest absolute Gasteiger partial charge is 0.305 e. The van der Waals surface area contributed by atoms with Crippen LogP contribution in [0, 0.1) is 11.3 Å². The maximum absolute atomic E-state index is 11.5. The second kappa shape index (κ2) is 7.68. The van der Waals surface area contributed by atoms with E-state index >= 15 is 0 Å². The van der Waals surface area contributed by atoms with E-state index in [0.717, 1.165) is 6.42 Å². The van der Waals surface area contributed by atoms with E-state index in [9.17, 15) is 4.79 Å². The van der Waals surface area contributed by atoms with E-state index in [-0.39, 0.29) is 17.3 Å². The molecule has 1 aromatic carbocycles. The Kier molecular flexibility index (Phi) is 6.23. The molecule has 2 nitrogen and oxygen atoms in total. The molecule has 0 saturated heterocycles. The molecule has 0 aliphatic heterocycles. The summed E-state index contributed by atoms with van der Waals surface area (Å²) in [6, 6.07) is 10.3. The molecular formula is C18H24O2. The number of ether oxygens (including phenoxy) is 1. The Balaban J connectivity index is 2.93. The number of carbonyl (C=O) groups excluding carboxylic acids is 1. The van der Waals surface area contributed by atoms with Crippen LogP contribution in [0.2, 0.25) is 0 Å². The lowest BCUT2D eigenvalue weighted by Crippen LogP contribution is -2.28. The summed E-state index contributed by atoms with van der Waals surface area (Å²) in [4.78, 5) is 11.5. The van der Waals surface area contributed by atoms with Crippen molar-refractivity contribution in [2.45, 2.75) is 26.7 Å². The predicted molar refractivity (Wildman–Crippen MR) is 83.4 cm³/mol. The van der Waals surface area contributed by atoms with Gasteiger partial charge < -0.3 is 4.74 Å². The van der Waals surface area contributed by atoms with Crippen LogP contribution >= 0.6 is 0 Å². The summed E-state index contributed by atoms with van der Waals surface area (Å²) in [6.45, 7) is 7.99. The van der Waals surface area contributed by atoms with Crippen LogP contribution in [0.25, 0.3) is 0 Å². The molecule has 0 unspecified atom stereocenters. The lowest BCUT2D eigenvalue weighted by Gasteiger charge is -2.32. The number of allylic oxidation sites excluding steroid dienone is 3. The third kappa shape index (κ3) is 4.69. The highest BCUT2D eigenvalue weighted by atomic mass is 16.5. The summed E-state index contributed by atoms with van der Waals surface area (Å²) in [6.07, 6.45) is 7.17. The third-order valence-corrected chi connectivity index (χ3v) is 3.87. The minimum absolute atomic E-state index is 0.107. The van der Waals surface area contributed by atoms with Gasteiger partial charge in [0.15, 0.2) is 0 Å². The van der Waals surface area contributed by atoms with Crippen LogP contribution in [-0.4, -0.2) is 13.1 Å². The van der Waals surface area contributed by atoms with Crippen molar-refractivity contribution in [3.8, 4) is 0 Å². The Morgan fingerprint density at radius 1 is 1.40 bits per heavy atom. The van der Waals surface area contributed by atoms with Gasteiger partial charge in [0.25, 0.3) is 0 Å². The average Bonchev–Trinajstić information content (AvgIpc) is 2.46. The van der Waals surface area contributed by atoms with Gasteiger partial charge >= 0.3 is 5.97 Å². The maximum Gasteiger partial charge on any atom is 0.305 e. The molecule has 0 heterocycles. The normalized spacial score (nSPS) is 15.6. The lowest BCUT2D eigenvalue weighted by molar-refractivity contribution is -0.142. The van der Waals surface area contributed by atoms with Crippen molar-refractivity contribution in [1.29, 1.82) is 0 Å². The highest BCUT2D eigenvalue weighted by Gasteiger charge is 2.30. The van der Waals surface area contributed by atoms with Gasteiger partial charge in [-0.3, -0.25) is 4.79 Å². The molecule has 0 aliphatic rings. The highest BCUT2D eigenvalue weighted by molar-refractivity contribution is 5.69. The van der Waals surface area contributed by atoms with Gasteiger partial charge in [-0.15, -0.1) is 0 Å². The molecule has 20 heavy (non-hydrogen) atoms. The quantitative estimate of drug-likeness (QED) is 0.550. The van der Waals surface area contributed by atoms with Crippen molar-refractivity contribution in [1.82, 2.24) is 0 Å². The summed E-state index contributed by atoms with van der Waals surface area (Å²) in [7, 11) is 1.43. The van der Waals surface area contributed by atoms with Crippen molar-refractivity contribution < 1.29 is 9.53 Å². The molecule has 0 saturated carbocycles. The minimum atomic E-state index is -0.163. The first-order chi connectivity index (χ1) is 9.51. The molecule has 2 heteroatoms. The van der Waals surface area contributed by atoms with Crippen molar-refractivity contribution >= 4 is 5.97 Å². The van der Waals surface area contributed by atoms with E-state index in [2.05, 4.69) is 38.6 Å². The van der Waals surface area contributed by atoms with Crippen LogP contribution < -0.4 is 0 Å². The second-order valence-electron chi connectivity index (χ2n) is 5.44. The highest BCUT2D eigenvalue weighted by Crippen LogP contribution is 2.35. The number of hydrogen-bond acceptors (Lipinski definition) is 2. The minimum Gasteiger partial charge on any atom is -0.469 e. The van der Waals surface area contributed by atoms with Gasteiger partial charge in [-0.1, -0.05) is 69.0 Å². The van der Waals surface area contributed by atoms with E-state index in [0.29, 0.717) is 6.42 Å². The van der Waals surface area contributed by atoms with Crippen molar-refractivity contribution in [2.24, 2.45) is 11.3 Å². The summed E-state index contributed by atoms with van der Waals surface area (Å²) in [5, 5.41) is 0. The molecule has 0 bridgehead atoms. The first-order valence-corrected chi connectivity index (χ1v) is 6.93. The van der Waals surface area contributed by atoms with Gasteiger partial charge in [0.1, 0.15) is 0 Å². The summed E-state index contributed by atoms with van der Waals surface area (Å²) in [5.74, 6) is 0.0233. The molecule has 0 radical (unpaired) electrons. The molecular weight excluding hydrogens is 248 g/mol. The van der Waals surface area contributed by atoms with Crippen molar-refractivity contribution in [3.63, 3.8) is 0 Å². The van der Waals surface area contributed by atoms with Crippen molar-refractivity contribution in [2.75, 3.05) is 7.11 Å². The molecule has 2 atom stereocenters. The first kappa shape index (κ1) is 16.2. The Bertz CT molecular complexity index is 462. The fourth-order valence-corrected chi connectivity index (χ4v) is 2.29. The number of benzene rings is 1. The van der Waals surface area contributed by atoms with Gasteiger partial charge in [0, 0.05) is 6.42 Å². The molecule has 1 aromatic rings. The molecule has 0 spiro atoms.